The molecule has 1 aliphatic heterocycles. The molecular weight excluding hydrogens is 582 g/mol. The van der Waals surface area contributed by atoms with E-state index in [9.17, 15) is 21.6 Å². The molecule has 226 valence electrons. The summed E-state index contributed by atoms with van der Waals surface area (Å²) in [7, 11) is -7.72. The van der Waals surface area contributed by atoms with Gasteiger partial charge in [0.25, 0.3) is 10.0 Å². The largest absolute Gasteiger partial charge is 0.492 e. The molecule has 1 amide bonds. The number of para-hydroxylation sites is 2. The van der Waals surface area contributed by atoms with Crippen LogP contribution in [0.5, 0.6) is 11.5 Å². The van der Waals surface area contributed by atoms with E-state index in [1.807, 2.05) is 6.92 Å². The molecule has 0 aromatic heterocycles. The summed E-state index contributed by atoms with van der Waals surface area (Å²) in [6, 6.07) is 19.1. The molecule has 3 aromatic rings. The highest BCUT2D eigenvalue weighted by Crippen LogP contribution is 2.32. The van der Waals surface area contributed by atoms with Gasteiger partial charge in [-0.2, -0.15) is 4.31 Å². The Labute approximate surface area is 247 Å². The number of sulfonamides is 2. The molecule has 13 heteroatoms. The Hall–Kier alpha value is -3.65. The monoisotopic (exact) mass is 617 g/mol. The Balaban J connectivity index is 1.39. The maximum atomic E-state index is 13.7. The molecule has 1 aliphatic rings. The fourth-order valence-corrected chi connectivity index (χ4v) is 7.11. The first-order valence-corrected chi connectivity index (χ1v) is 16.4. The van der Waals surface area contributed by atoms with Crippen molar-refractivity contribution < 1.29 is 35.8 Å². The Morgan fingerprint density at radius 3 is 2.21 bits per heavy atom. The van der Waals surface area contributed by atoms with Crippen molar-refractivity contribution in [3.63, 3.8) is 0 Å². The first-order valence-electron chi connectivity index (χ1n) is 13.5. The molecule has 11 nitrogen and oxygen atoms in total. The SMILES string of the molecule is CCOc1ccccc1N(CC(=O)NCCOc1ccc(S(=O)(=O)N2CCOCC2)cc1)S(=O)(=O)c1ccc(C)cc1. The van der Waals surface area contributed by atoms with Gasteiger partial charge in [-0.1, -0.05) is 29.8 Å². The van der Waals surface area contributed by atoms with Gasteiger partial charge in [0.15, 0.2) is 0 Å². The summed E-state index contributed by atoms with van der Waals surface area (Å²) >= 11 is 0. The molecule has 42 heavy (non-hydrogen) atoms. The fraction of sp³-hybridized carbons (Fsp3) is 0.345. The minimum Gasteiger partial charge on any atom is -0.492 e. The minimum absolute atomic E-state index is 0.0506. The summed E-state index contributed by atoms with van der Waals surface area (Å²) in [6.45, 7) is 5.01. The van der Waals surface area contributed by atoms with Crippen molar-refractivity contribution in [2.45, 2.75) is 23.6 Å². The van der Waals surface area contributed by atoms with Crippen LogP contribution in [0.4, 0.5) is 5.69 Å². The van der Waals surface area contributed by atoms with E-state index in [4.69, 9.17) is 14.2 Å². The lowest BCUT2D eigenvalue weighted by Gasteiger charge is -2.26. The summed E-state index contributed by atoms with van der Waals surface area (Å²) < 4.78 is 71.9. The van der Waals surface area contributed by atoms with E-state index in [0.717, 1.165) is 9.87 Å². The van der Waals surface area contributed by atoms with E-state index in [2.05, 4.69) is 5.32 Å². The average Bonchev–Trinajstić information content (AvgIpc) is 2.99. The van der Waals surface area contributed by atoms with E-state index in [0.29, 0.717) is 44.4 Å². The molecule has 1 N–H and O–H groups in total. The van der Waals surface area contributed by atoms with Gasteiger partial charge in [0, 0.05) is 13.1 Å². The Morgan fingerprint density at radius 2 is 1.55 bits per heavy atom. The van der Waals surface area contributed by atoms with Crippen LogP contribution in [0.1, 0.15) is 12.5 Å². The van der Waals surface area contributed by atoms with Crippen LogP contribution in [0.3, 0.4) is 0 Å². The van der Waals surface area contributed by atoms with Crippen LogP contribution in [0.2, 0.25) is 0 Å². The molecule has 1 saturated heterocycles. The molecule has 0 saturated carbocycles. The number of hydrogen-bond donors (Lipinski definition) is 1. The zero-order valence-electron chi connectivity index (χ0n) is 23.6. The van der Waals surface area contributed by atoms with Gasteiger partial charge >= 0.3 is 0 Å². The van der Waals surface area contributed by atoms with E-state index in [1.54, 1.807) is 55.5 Å². The van der Waals surface area contributed by atoms with E-state index >= 15 is 0 Å². The molecule has 0 aliphatic carbocycles. The highest BCUT2D eigenvalue weighted by Gasteiger charge is 2.29. The first kappa shape index (κ1) is 31.3. The van der Waals surface area contributed by atoms with Crippen molar-refractivity contribution in [3.8, 4) is 11.5 Å². The normalized spacial score (nSPS) is 14.2. The highest BCUT2D eigenvalue weighted by atomic mass is 32.2. The maximum absolute atomic E-state index is 13.7. The maximum Gasteiger partial charge on any atom is 0.264 e. The van der Waals surface area contributed by atoms with Crippen LogP contribution < -0.4 is 19.1 Å². The van der Waals surface area contributed by atoms with E-state index < -0.39 is 32.5 Å². The smallest absolute Gasteiger partial charge is 0.264 e. The third kappa shape index (κ3) is 7.59. The molecule has 1 heterocycles. The zero-order chi connectivity index (χ0) is 30.2. The number of anilines is 1. The number of aryl methyl sites for hydroxylation is 1. The van der Waals surface area contributed by atoms with Gasteiger partial charge in [-0.25, -0.2) is 16.8 Å². The van der Waals surface area contributed by atoms with Gasteiger partial charge in [0.1, 0.15) is 24.7 Å². The minimum atomic E-state index is -4.10. The summed E-state index contributed by atoms with van der Waals surface area (Å²) in [5.41, 5.74) is 1.15. The lowest BCUT2D eigenvalue weighted by Crippen LogP contribution is -2.42. The Morgan fingerprint density at radius 1 is 0.905 bits per heavy atom. The number of nitrogens with zero attached hydrogens (tertiary/aromatic N) is 2. The summed E-state index contributed by atoms with van der Waals surface area (Å²) in [4.78, 5) is 13.2. The number of nitrogens with one attached hydrogen (secondary N) is 1. The predicted molar refractivity (Wildman–Crippen MR) is 158 cm³/mol. The number of morpholine rings is 1. The standard InChI is InChI=1S/C29H35N3O8S2/c1-3-39-28-7-5-4-6-27(28)32(42(36,37)26-12-8-23(2)9-13-26)22-29(33)30-16-19-40-24-10-14-25(15-11-24)41(34,35)31-17-20-38-21-18-31/h4-15H,3,16-22H2,1-2H3,(H,30,33). The third-order valence-electron chi connectivity index (χ3n) is 6.45. The predicted octanol–water partition coefficient (Wildman–Crippen LogP) is 2.81. The van der Waals surface area contributed by atoms with Crippen LogP contribution in [0.15, 0.2) is 82.6 Å². The van der Waals surface area contributed by atoms with Crippen molar-refractivity contribution in [2.24, 2.45) is 0 Å². The quantitative estimate of drug-likeness (QED) is 0.290. The van der Waals surface area contributed by atoms with Crippen molar-refractivity contribution >= 4 is 31.6 Å². The topological polar surface area (TPSA) is 132 Å². The molecule has 3 aromatic carbocycles. The molecule has 0 bridgehead atoms. The number of benzene rings is 3. The van der Waals surface area contributed by atoms with Gasteiger partial charge in [0.2, 0.25) is 15.9 Å². The van der Waals surface area contributed by atoms with Gasteiger partial charge < -0.3 is 19.5 Å². The van der Waals surface area contributed by atoms with Crippen molar-refractivity contribution in [1.29, 1.82) is 0 Å². The summed E-state index contributed by atoms with van der Waals surface area (Å²) in [5, 5.41) is 2.69. The van der Waals surface area contributed by atoms with Crippen LogP contribution in [-0.2, 0) is 29.6 Å². The number of rotatable bonds is 13. The second-order valence-corrected chi connectivity index (χ2v) is 13.2. The molecule has 1 fully saturated rings. The van der Waals surface area contributed by atoms with E-state index in [-0.39, 0.29) is 28.6 Å². The lowest BCUT2D eigenvalue weighted by molar-refractivity contribution is -0.119. The number of hydrogen-bond acceptors (Lipinski definition) is 8. The fourth-order valence-electron chi connectivity index (χ4n) is 4.27. The number of ether oxygens (including phenoxy) is 3. The van der Waals surface area contributed by atoms with Gasteiger partial charge in [-0.05, 0) is 62.4 Å². The highest BCUT2D eigenvalue weighted by molar-refractivity contribution is 7.93. The average molecular weight is 618 g/mol. The number of amides is 1. The molecule has 4 rings (SSSR count). The molecular formula is C29H35N3O8S2. The summed E-state index contributed by atoms with van der Waals surface area (Å²) in [6.07, 6.45) is 0. The van der Waals surface area contributed by atoms with Crippen LogP contribution in [0, 0.1) is 6.92 Å². The third-order valence-corrected chi connectivity index (χ3v) is 10.1. The van der Waals surface area contributed by atoms with Crippen molar-refractivity contribution in [3.05, 3.63) is 78.4 Å². The van der Waals surface area contributed by atoms with E-state index in [1.165, 1.54) is 28.6 Å². The van der Waals surface area contributed by atoms with Crippen molar-refractivity contribution in [1.82, 2.24) is 9.62 Å². The first-order chi connectivity index (χ1) is 20.1. The number of carbonyl (C=O) groups excluding carboxylic acids is 1. The van der Waals surface area contributed by atoms with Gasteiger partial charge in [-0.15, -0.1) is 0 Å². The second-order valence-electron chi connectivity index (χ2n) is 9.41. The second kappa shape index (κ2) is 14.0. The van der Waals surface area contributed by atoms with Crippen LogP contribution >= 0.6 is 0 Å². The Kier molecular flexibility index (Phi) is 10.4. The zero-order valence-corrected chi connectivity index (χ0v) is 25.2. The van der Waals surface area contributed by atoms with Gasteiger partial charge in [0.05, 0.1) is 41.8 Å². The van der Waals surface area contributed by atoms with Gasteiger partial charge in [-0.3, -0.25) is 9.10 Å². The molecule has 0 radical (unpaired) electrons. The lowest BCUT2D eigenvalue weighted by atomic mass is 10.2. The molecule has 0 unspecified atom stereocenters. The van der Waals surface area contributed by atoms with Crippen molar-refractivity contribution in [2.75, 3.05) is 56.9 Å². The van der Waals surface area contributed by atoms with Crippen LogP contribution in [0.25, 0.3) is 0 Å². The summed E-state index contributed by atoms with van der Waals surface area (Å²) in [5.74, 6) is 0.234. The molecule has 0 atom stereocenters. The Bertz CT molecular complexity index is 1560. The van der Waals surface area contributed by atoms with Crippen LogP contribution in [-0.4, -0.2) is 79.7 Å². The molecule has 0 spiro atoms. The number of carbonyl (C=O) groups is 1.